The number of rotatable bonds is 3. The van der Waals surface area contributed by atoms with Gasteiger partial charge in [-0.3, -0.25) is 9.36 Å². The fourth-order valence-electron chi connectivity index (χ4n) is 3.54. The van der Waals surface area contributed by atoms with Crippen molar-refractivity contribution in [2.45, 2.75) is 6.54 Å². The maximum absolute atomic E-state index is 13.3. The molecule has 1 aliphatic rings. The number of hydrogen-bond donors (Lipinski definition) is 2. The van der Waals surface area contributed by atoms with Crippen molar-refractivity contribution < 1.29 is 19.4 Å². The van der Waals surface area contributed by atoms with E-state index in [1.54, 1.807) is 6.07 Å². The van der Waals surface area contributed by atoms with Crippen molar-refractivity contribution in [3.8, 4) is 11.8 Å². The number of amidine groups is 1. The van der Waals surface area contributed by atoms with E-state index in [9.17, 15) is 19.4 Å². The molecule has 0 aliphatic carbocycles. The monoisotopic (exact) mass is 414 g/mol. The van der Waals surface area contributed by atoms with Gasteiger partial charge in [0, 0.05) is 28.0 Å². The summed E-state index contributed by atoms with van der Waals surface area (Å²) >= 11 is 0. The Morgan fingerprint density at radius 3 is 2.52 bits per heavy atom. The van der Waals surface area contributed by atoms with Crippen LogP contribution in [-0.2, 0) is 6.54 Å². The van der Waals surface area contributed by atoms with E-state index in [0.29, 0.717) is 22.0 Å². The lowest BCUT2D eigenvalue weighted by atomic mass is 10.1. The summed E-state index contributed by atoms with van der Waals surface area (Å²) in [5.41, 5.74) is 1.88. The first-order valence-corrected chi connectivity index (χ1v) is 9.44. The largest absolute Gasteiger partial charge is 0.494 e. The van der Waals surface area contributed by atoms with Crippen LogP contribution in [0.2, 0.25) is 0 Å². The minimum Gasteiger partial charge on any atom is -0.494 e. The van der Waals surface area contributed by atoms with Crippen LogP contribution in [-0.4, -0.2) is 26.5 Å². The van der Waals surface area contributed by atoms with Gasteiger partial charge in [0.05, 0.1) is 12.2 Å². The number of fused-ring (bicyclic) bond motifs is 2. The van der Waals surface area contributed by atoms with Crippen molar-refractivity contribution in [1.29, 1.82) is 0 Å². The van der Waals surface area contributed by atoms with Crippen LogP contribution >= 0.6 is 0 Å². The van der Waals surface area contributed by atoms with Gasteiger partial charge < -0.3 is 10.2 Å². The quantitative estimate of drug-likeness (QED) is 0.497. The third kappa shape index (κ3) is 3.24. The second kappa shape index (κ2) is 7.17. The number of carbonyl (C=O) groups excluding carboxylic acids is 1. The highest BCUT2D eigenvalue weighted by Crippen LogP contribution is 2.37. The van der Waals surface area contributed by atoms with Crippen LogP contribution in [0.1, 0.15) is 21.5 Å². The molecule has 7 nitrogen and oxygen atoms in total. The smallest absolute Gasteiger partial charge is 0.279 e. The van der Waals surface area contributed by atoms with Gasteiger partial charge in [0.1, 0.15) is 5.82 Å². The van der Waals surface area contributed by atoms with Crippen LogP contribution in [0.25, 0.3) is 10.8 Å². The SMILES string of the molecule is O=C(N=C1N=Nc2cc(F)ccc21)c1ccc2c(O)n(Cc3ccccc3)c(O)c2c1. The van der Waals surface area contributed by atoms with Gasteiger partial charge in [-0.15, -0.1) is 10.2 Å². The van der Waals surface area contributed by atoms with E-state index in [2.05, 4.69) is 15.2 Å². The maximum atomic E-state index is 13.3. The molecule has 3 aromatic carbocycles. The average Bonchev–Trinajstić information content (AvgIpc) is 3.28. The zero-order chi connectivity index (χ0) is 21.5. The van der Waals surface area contributed by atoms with Gasteiger partial charge in [-0.1, -0.05) is 30.3 Å². The van der Waals surface area contributed by atoms with Gasteiger partial charge in [0.25, 0.3) is 5.91 Å². The lowest BCUT2D eigenvalue weighted by Gasteiger charge is -2.06. The Bertz CT molecular complexity index is 1410. The summed E-state index contributed by atoms with van der Waals surface area (Å²) < 4.78 is 14.7. The molecule has 0 saturated carbocycles. The first-order valence-electron chi connectivity index (χ1n) is 9.44. The van der Waals surface area contributed by atoms with E-state index in [0.717, 1.165) is 5.56 Å². The molecule has 0 spiro atoms. The lowest BCUT2D eigenvalue weighted by molar-refractivity contribution is 0.100. The molecule has 0 atom stereocenters. The number of aromatic nitrogens is 1. The highest BCUT2D eigenvalue weighted by atomic mass is 19.1. The first kappa shape index (κ1) is 18.7. The molecule has 0 bridgehead atoms. The Labute approximate surface area is 175 Å². The van der Waals surface area contributed by atoms with Gasteiger partial charge in [-0.25, -0.2) is 4.39 Å². The summed E-state index contributed by atoms with van der Waals surface area (Å²) in [6.45, 7) is 0.270. The second-order valence-electron chi connectivity index (χ2n) is 7.08. The summed E-state index contributed by atoms with van der Waals surface area (Å²) in [7, 11) is 0. The van der Waals surface area contributed by atoms with Gasteiger partial charge >= 0.3 is 0 Å². The normalized spacial score (nSPS) is 13.8. The molecule has 8 heteroatoms. The maximum Gasteiger partial charge on any atom is 0.279 e. The number of hydrogen-bond acceptors (Lipinski definition) is 4. The third-order valence-corrected chi connectivity index (χ3v) is 5.10. The van der Waals surface area contributed by atoms with Crippen molar-refractivity contribution in [3.05, 3.63) is 89.2 Å². The van der Waals surface area contributed by atoms with Crippen molar-refractivity contribution in [2.24, 2.45) is 15.2 Å². The van der Waals surface area contributed by atoms with Crippen molar-refractivity contribution in [3.63, 3.8) is 0 Å². The summed E-state index contributed by atoms with van der Waals surface area (Å²) in [5.74, 6) is -1.20. The summed E-state index contributed by atoms with van der Waals surface area (Å²) in [5, 5.41) is 29.6. The van der Waals surface area contributed by atoms with Crippen LogP contribution in [0, 0.1) is 5.82 Å². The number of nitrogens with zero attached hydrogens (tertiary/aromatic N) is 4. The van der Waals surface area contributed by atoms with Gasteiger partial charge in [0.15, 0.2) is 5.84 Å². The molecule has 152 valence electrons. The minimum absolute atomic E-state index is 0.0915. The Morgan fingerprint density at radius 1 is 0.935 bits per heavy atom. The average molecular weight is 414 g/mol. The zero-order valence-corrected chi connectivity index (χ0v) is 16.0. The van der Waals surface area contributed by atoms with Gasteiger partial charge in [-0.05, 0) is 35.9 Å². The molecule has 0 saturated heterocycles. The van der Waals surface area contributed by atoms with E-state index in [4.69, 9.17) is 0 Å². The molecule has 2 N–H and O–H groups in total. The predicted molar refractivity (Wildman–Crippen MR) is 113 cm³/mol. The Hall–Kier alpha value is -4.33. The van der Waals surface area contributed by atoms with Crippen molar-refractivity contribution in [2.75, 3.05) is 0 Å². The number of carbonyl (C=O) groups is 1. The molecule has 31 heavy (non-hydrogen) atoms. The van der Waals surface area contributed by atoms with Gasteiger partial charge in [-0.2, -0.15) is 4.99 Å². The Morgan fingerprint density at radius 2 is 1.71 bits per heavy atom. The molecule has 0 unspecified atom stereocenters. The summed E-state index contributed by atoms with van der Waals surface area (Å²) in [6.07, 6.45) is 0. The molecule has 1 amide bonds. The topological polar surface area (TPSA) is 99.5 Å². The van der Waals surface area contributed by atoms with Crippen molar-refractivity contribution in [1.82, 2.24) is 4.57 Å². The van der Waals surface area contributed by atoms with E-state index in [1.807, 2.05) is 30.3 Å². The third-order valence-electron chi connectivity index (χ3n) is 5.10. The fraction of sp³-hybridized carbons (Fsp3) is 0.0435. The van der Waals surface area contributed by atoms with E-state index < -0.39 is 11.7 Å². The molecule has 5 rings (SSSR count). The number of halogens is 1. The number of amides is 1. The first-order chi connectivity index (χ1) is 15.0. The van der Waals surface area contributed by atoms with Crippen LogP contribution in [0.4, 0.5) is 10.1 Å². The van der Waals surface area contributed by atoms with Crippen LogP contribution in [0.15, 0.2) is 82.0 Å². The minimum atomic E-state index is -0.595. The lowest BCUT2D eigenvalue weighted by Crippen LogP contribution is -2.01. The second-order valence-corrected chi connectivity index (χ2v) is 7.08. The zero-order valence-electron chi connectivity index (χ0n) is 16.0. The molecular weight excluding hydrogens is 399 g/mol. The molecule has 1 aromatic heterocycles. The molecule has 1 aliphatic heterocycles. The number of benzene rings is 3. The van der Waals surface area contributed by atoms with Crippen molar-refractivity contribution >= 4 is 28.2 Å². The van der Waals surface area contributed by atoms with Crippen LogP contribution in [0.5, 0.6) is 11.8 Å². The standard InChI is InChI=1S/C23H15FN4O3/c24-15-7-9-17-19(11-15)26-27-20(17)25-21(29)14-6-8-16-18(10-14)23(31)28(22(16)30)12-13-4-2-1-3-5-13/h1-11,30-31H,12H2. The summed E-state index contributed by atoms with van der Waals surface area (Å²) in [6, 6.07) is 17.9. The fourth-order valence-corrected chi connectivity index (χ4v) is 3.54. The molecule has 2 heterocycles. The molecule has 4 aromatic rings. The molecular formula is C23H15FN4O3. The Kier molecular flexibility index (Phi) is 4.32. The summed E-state index contributed by atoms with van der Waals surface area (Å²) in [4.78, 5) is 16.7. The number of azo groups is 1. The highest BCUT2D eigenvalue weighted by Gasteiger charge is 2.20. The van der Waals surface area contributed by atoms with E-state index in [-0.39, 0.29) is 29.7 Å². The highest BCUT2D eigenvalue weighted by molar-refractivity contribution is 6.14. The molecule has 0 radical (unpaired) electrons. The van der Waals surface area contributed by atoms with E-state index in [1.165, 1.54) is 34.9 Å². The van der Waals surface area contributed by atoms with E-state index >= 15 is 0 Å². The Balaban J connectivity index is 1.50. The van der Waals surface area contributed by atoms with Gasteiger partial charge in [0.2, 0.25) is 11.8 Å². The van der Waals surface area contributed by atoms with Crippen LogP contribution < -0.4 is 0 Å². The molecule has 0 fully saturated rings. The predicted octanol–water partition coefficient (Wildman–Crippen LogP) is 4.92. The number of aromatic hydroxyl groups is 2. The van der Waals surface area contributed by atoms with Crippen LogP contribution in [0.3, 0.4) is 0 Å². The number of aliphatic imine (C=N–C) groups is 1.